The second kappa shape index (κ2) is 6.87. The molecule has 1 aromatic rings. The molecule has 2 N–H and O–H groups in total. The molecule has 1 aliphatic rings. The summed E-state index contributed by atoms with van der Waals surface area (Å²) in [6.45, 7) is 8.64. The molecule has 0 aromatic heterocycles. The van der Waals surface area contributed by atoms with Crippen molar-refractivity contribution in [2.24, 2.45) is 0 Å². The van der Waals surface area contributed by atoms with Crippen LogP contribution in [0, 0.1) is 13.8 Å². The van der Waals surface area contributed by atoms with Crippen molar-refractivity contribution in [3.63, 3.8) is 0 Å². The fourth-order valence-electron chi connectivity index (χ4n) is 2.37. The highest BCUT2D eigenvalue weighted by Crippen LogP contribution is 2.16. The van der Waals surface area contributed by atoms with Gasteiger partial charge in [-0.25, -0.2) is 0 Å². The minimum atomic E-state index is 0.716. The molecule has 3 nitrogen and oxygen atoms in total. The summed E-state index contributed by atoms with van der Waals surface area (Å²) in [5.41, 5.74) is 3.56. The molecule has 1 saturated heterocycles. The van der Waals surface area contributed by atoms with Crippen molar-refractivity contribution in [3.8, 4) is 0 Å². The fourth-order valence-corrected chi connectivity index (χ4v) is 2.58. The predicted octanol–water partition coefficient (Wildman–Crippen LogP) is 2.69. The number of hydrogen-bond acceptors (Lipinski definition) is 2. The first-order chi connectivity index (χ1) is 9.15. The molecule has 2 rings (SSSR count). The molecule has 1 aromatic carbocycles. The van der Waals surface area contributed by atoms with Crippen LogP contribution in [0.4, 0.5) is 5.69 Å². The van der Waals surface area contributed by atoms with Gasteiger partial charge in [0.2, 0.25) is 0 Å². The molecule has 104 valence electrons. The van der Waals surface area contributed by atoms with Gasteiger partial charge in [-0.3, -0.25) is 0 Å². The van der Waals surface area contributed by atoms with Gasteiger partial charge in [0.15, 0.2) is 5.11 Å². The van der Waals surface area contributed by atoms with E-state index in [1.54, 1.807) is 0 Å². The van der Waals surface area contributed by atoms with Crippen molar-refractivity contribution in [1.82, 2.24) is 10.2 Å². The molecule has 0 aliphatic carbocycles. The quantitative estimate of drug-likeness (QED) is 0.828. The Kier molecular flexibility index (Phi) is 5.16. The van der Waals surface area contributed by atoms with Gasteiger partial charge >= 0.3 is 0 Å². The molecular formula is C15H23N3S. The maximum Gasteiger partial charge on any atom is 0.170 e. The summed E-state index contributed by atoms with van der Waals surface area (Å²) in [6, 6.07) is 6.36. The molecule has 0 saturated carbocycles. The van der Waals surface area contributed by atoms with E-state index in [0.29, 0.717) is 5.11 Å². The van der Waals surface area contributed by atoms with Crippen molar-refractivity contribution in [2.45, 2.75) is 26.7 Å². The van der Waals surface area contributed by atoms with Gasteiger partial charge < -0.3 is 15.5 Å². The van der Waals surface area contributed by atoms with Crippen LogP contribution in [-0.4, -0.2) is 36.2 Å². The third-order valence-electron chi connectivity index (χ3n) is 3.55. The molecular weight excluding hydrogens is 254 g/mol. The Bertz CT molecular complexity index is 439. The topological polar surface area (TPSA) is 27.3 Å². The third-order valence-corrected chi connectivity index (χ3v) is 3.80. The fraction of sp³-hybridized carbons (Fsp3) is 0.533. The summed E-state index contributed by atoms with van der Waals surface area (Å²) in [4.78, 5) is 2.48. The maximum absolute atomic E-state index is 5.34. The number of nitrogens with zero attached hydrogens (tertiary/aromatic N) is 1. The van der Waals surface area contributed by atoms with Gasteiger partial charge in [0.25, 0.3) is 0 Å². The number of nitrogens with one attached hydrogen (secondary N) is 2. The minimum absolute atomic E-state index is 0.716. The first-order valence-corrected chi connectivity index (χ1v) is 7.40. The normalized spacial score (nSPS) is 15.5. The molecule has 0 unspecified atom stereocenters. The van der Waals surface area contributed by atoms with Gasteiger partial charge in [-0.1, -0.05) is 12.1 Å². The van der Waals surface area contributed by atoms with E-state index in [9.17, 15) is 0 Å². The summed E-state index contributed by atoms with van der Waals surface area (Å²) in [5, 5.41) is 7.28. The van der Waals surface area contributed by atoms with Crippen LogP contribution in [0.3, 0.4) is 0 Å². The number of hydrogen-bond donors (Lipinski definition) is 2. The lowest BCUT2D eigenvalue weighted by Crippen LogP contribution is -2.35. The summed E-state index contributed by atoms with van der Waals surface area (Å²) in [5.74, 6) is 0. The number of benzene rings is 1. The zero-order valence-electron chi connectivity index (χ0n) is 11.8. The Labute approximate surface area is 121 Å². The van der Waals surface area contributed by atoms with Crippen LogP contribution in [0.15, 0.2) is 18.2 Å². The molecule has 0 bridgehead atoms. The standard InChI is InChI=1S/C15H23N3S/c1-12-5-6-13(2)14(11-12)17-15(19)16-7-10-18-8-3-4-9-18/h5-6,11H,3-4,7-10H2,1-2H3,(H2,16,17,19). The van der Waals surface area contributed by atoms with Gasteiger partial charge in [0, 0.05) is 18.8 Å². The van der Waals surface area contributed by atoms with E-state index in [-0.39, 0.29) is 0 Å². The molecule has 1 fully saturated rings. The van der Waals surface area contributed by atoms with E-state index >= 15 is 0 Å². The minimum Gasteiger partial charge on any atom is -0.361 e. The zero-order valence-corrected chi connectivity index (χ0v) is 12.6. The van der Waals surface area contributed by atoms with Crippen LogP contribution >= 0.6 is 12.2 Å². The van der Waals surface area contributed by atoms with Crippen molar-refractivity contribution in [1.29, 1.82) is 0 Å². The van der Waals surface area contributed by atoms with Crippen LogP contribution in [0.2, 0.25) is 0 Å². The van der Waals surface area contributed by atoms with Gasteiger partial charge in [0.05, 0.1) is 0 Å². The van der Waals surface area contributed by atoms with Crippen molar-refractivity contribution in [2.75, 3.05) is 31.5 Å². The molecule has 4 heteroatoms. The Hall–Kier alpha value is -1.13. The summed E-state index contributed by atoms with van der Waals surface area (Å²) in [6.07, 6.45) is 2.68. The van der Waals surface area contributed by atoms with Gasteiger partial charge in [0.1, 0.15) is 0 Å². The number of anilines is 1. The number of aryl methyl sites for hydroxylation is 2. The first kappa shape index (κ1) is 14.3. The predicted molar refractivity (Wildman–Crippen MR) is 85.8 cm³/mol. The molecule has 1 aliphatic heterocycles. The van der Waals surface area contributed by atoms with E-state index in [4.69, 9.17) is 12.2 Å². The van der Waals surface area contributed by atoms with E-state index in [1.807, 2.05) is 0 Å². The molecule has 0 atom stereocenters. The highest BCUT2D eigenvalue weighted by molar-refractivity contribution is 7.80. The monoisotopic (exact) mass is 277 g/mol. The number of thiocarbonyl (C=S) groups is 1. The average molecular weight is 277 g/mol. The Balaban J connectivity index is 1.75. The molecule has 0 amide bonds. The average Bonchev–Trinajstić information content (AvgIpc) is 2.87. The van der Waals surface area contributed by atoms with E-state index < -0.39 is 0 Å². The SMILES string of the molecule is Cc1ccc(C)c(NC(=S)NCCN2CCCC2)c1. The van der Waals surface area contributed by atoms with Crippen LogP contribution in [0.1, 0.15) is 24.0 Å². The number of likely N-dealkylation sites (tertiary alicyclic amines) is 1. The van der Waals surface area contributed by atoms with Gasteiger partial charge in [-0.2, -0.15) is 0 Å². The van der Waals surface area contributed by atoms with Gasteiger partial charge in [-0.05, 0) is 69.2 Å². The number of rotatable bonds is 4. The molecule has 0 radical (unpaired) electrons. The van der Waals surface area contributed by atoms with Crippen molar-refractivity contribution in [3.05, 3.63) is 29.3 Å². The third kappa shape index (κ3) is 4.48. The molecule has 1 heterocycles. The molecule has 0 spiro atoms. The Morgan fingerprint density at radius 3 is 2.74 bits per heavy atom. The smallest absolute Gasteiger partial charge is 0.170 e. The lowest BCUT2D eigenvalue weighted by atomic mass is 10.1. The summed E-state index contributed by atoms with van der Waals surface area (Å²) < 4.78 is 0. The van der Waals surface area contributed by atoms with E-state index in [1.165, 1.54) is 37.1 Å². The highest BCUT2D eigenvalue weighted by Gasteiger charge is 2.10. The lowest BCUT2D eigenvalue weighted by molar-refractivity contribution is 0.344. The van der Waals surface area contributed by atoms with E-state index in [2.05, 4.69) is 47.6 Å². The second-order valence-electron chi connectivity index (χ2n) is 5.25. The van der Waals surface area contributed by atoms with Crippen LogP contribution in [0.5, 0.6) is 0 Å². The van der Waals surface area contributed by atoms with Crippen LogP contribution in [-0.2, 0) is 0 Å². The summed E-state index contributed by atoms with van der Waals surface area (Å²) >= 11 is 5.34. The second-order valence-corrected chi connectivity index (χ2v) is 5.66. The zero-order chi connectivity index (χ0) is 13.7. The van der Waals surface area contributed by atoms with Crippen LogP contribution in [0.25, 0.3) is 0 Å². The summed E-state index contributed by atoms with van der Waals surface area (Å²) in [7, 11) is 0. The van der Waals surface area contributed by atoms with E-state index in [0.717, 1.165) is 18.8 Å². The Morgan fingerprint density at radius 1 is 1.26 bits per heavy atom. The van der Waals surface area contributed by atoms with Crippen molar-refractivity contribution < 1.29 is 0 Å². The van der Waals surface area contributed by atoms with Crippen molar-refractivity contribution >= 4 is 23.0 Å². The lowest BCUT2D eigenvalue weighted by Gasteiger charge is -2.17. The maximum atomic E-state index is 5.34. The Morgan fingerprint density at radius 2 is 2.00 bits per heavy atom. The molecule has 19 heavy (non-hydrogen) atoms. The first-order valence-electron chi connectivity index (χ1n) is 6.99. The largest absolute Gasteiger partial charge is 0.361 e. The highest BCUT2D eigenvalue weighted by atomic mass is 32.1. The van der Waals surface area contributed by atoms with Gasteiger partial charge in [-0.15, -0.1) is 0 Å². The van der Waals surface area contributed by atoms with Crippen LogP contribution < -0.4 is 10.6 Å².